The maximum atomic E-state index is 14.1. The predicted octanol–water partition coefficient (Wildman–Crippen LogP) is 3.51. The van der Waals surface area contributed by atoms with E-state index in [1.54, 1.807) is 18.6 Å². The molecule has 5 rings (SSSR count). The molecule has 1 aromatic carbocycles. The number of nitrogens with zero attached hydrogens (tertiary/aromatic N) is 8. The molecule has 0 N–H and O–H groups in total. The molecule has 2 fully saturated rings. The molecule has 0 unspecified atom stereocenters. The molecule has 2 aliphatic heterocycles. The molecular weight excluding hydrogens is 507 g/mol. The third kappa shape index (κ3) is 7.66. The van der Waals surface area contributed by atoms with Crippen molar-refractivity contribution in [3.05, 3.63) is 59.5 Å². The normalized spacial score (nSPS) is 17.3. The molecule has 0 amide bonds. The number of aldehydes is 1. The minimum absolute atomic E-state index is 0.302. The van der Waals surface area contributed by atoms with E-state index in [4.69, 9.17) is 11.6 Å². The van der Waals surface area contributed by atoms with Crippen LogP contribution in [0.2, 0.25) is 5.15 Å². The van der Waals surface area contributed by atoms with Gasteiger partial charge in [0.1, 0.15) is 28.9 Å². The Kier molecular flexibility index (Phi) is 9.91. The summed E-state index contributed by atoms with van der Waals surface area (Å²) in [4.78, 5) is 37.0. The molecule has 38 heavy (non-hydrogen) atoms. The number of hydrogen-bond donors (Lipinski definition) is 0. The Bertz CT molecular complexity index is 1220. The highest BCUT2D eigenvalue weighted by Crippen LogP contribution is 2.24. The van der Waals surface area contributed by atoms with Gasteiger partial charge in [0.15, 0.2) is 0 Å². The summed E-state index contributed by atoms with van der Waals surface area (Å²) < 4.78 is 14.1. The van der Waals surface area contributed by atoms with E-state index in [0.29, 0.717) is 28.3 Å². The fraction of sp³-hybridized carbons (Fsp3) is 0.444. The van der Waals surface area contributed by atoms with Gasteiger partial charge in [0.2, 0.25) is 0 Å². The number of rotatable bonds is 4. The van der Waals surface area contributed by atoms with Gasteiger partial charge >= 0.3 is 0 Å². The van der Waals surface area contributed by atoms with Gasteiger partial charge in [-0.25, -0.2) is 14.4 Å². The summed E-state index contributed by atoms with van der Waals surface area (Å²) >= 11 is 5.82. The number of carbonyl (C=O) groups is 1. The third-order valence-corrected chi connectivity index (χ3v) is 6.89. The summed E-state index contributed by atoms with van der Waals surface area (Å²) in [5.41, 5.74) is 1.17. The van der Waals surface area contributed by atoms with Crippen LogP contribution in [0.4, 0.5) is 16.0 Å². The van der Waals surface area contributed by atoms with Crippen molar-refractivity contribution in [3.8, 4) is 11.3 Å². The quantitative estimate of drug-likeness (QED) is 0.462. The molecule has 9 nitrogen and oxygen atoms in total. The number of aromatic nitrogens is 4. The Morgan fingerprint density at radius 3 is 2.00 bits per heavy atom. The second kappa shape index (κ2) is 13.5. The Morgan fingerprint density at radius 2 is 1.39 bits per heavy atom. The highest BCUT2D eigenvalue weighted by atomic mass is 35.5. The molecule has 2 saturated heterocycles. The third-order valence-electron chi connectivity index (χ3n) is 6.70. The van der Waals surface area contributed by atoms with E-state index in [0.717, 1.165) is 76.8 Å². The molecule has 4 heterocycles. The van der Waals surface area contributed by atoms with E-state index >= 15 is 0 Å². The number of hydrogen-bond acceptors (Lipinski definition) is 9. The fourth-order valence-electron chi connectivity index (χ4n) is 4.49. The number of likely N-dealkylation sites (N-methyl/N-ethyl adjacent to an activating group) is 2. The van der Waals surface area contributed by atoms with Gasteiger partial charge in [-0.15, -0.1) is 0 Å². The van der Waals surface area contributed by atoms with Crippen LogP contribution in [0.25, 0.3) is 11.3 Å². The van der Waals surface area contributed by atoms with Crippen molar-refractivity contribution >= 4 is 29.5 Å². The van der Waals surface area contributed by atoms with Crippen molar-refractivity contribution < 1.29 is 9.18 Å². The average Bonchev–Trinajstić information content (AvgIpc) is 3.29. The van der Waals surface area contributed by atoms with Gasteiger partial charge in [-0.2, -0.15) is 0 Å². The highest BCUT2D eigenvalue weighted by molar-refractivity contribution is 6.29. The summed E-state index contributed by atoms with van der Waals surface area (Å²) in [6.07, 6.45) is 9.48. The van der Waals surface area contributed by atoms with Crippen molar-refractivity contribution in [1.82, 2.24) is 29.7 Å². The second-order valence-electron chi connectivity index (χ2n) is 9.61. The summed E-state index contributed by atoms with van der Waals surface area (Å²) in [5.74, 6) is 1.23. The van der Waals surface area contributed by atoms with E-state index in [-0.39, 0.29) is 0 Å². The Hall–Kier alpha value is -3.21. The molecule has 0 radical (unpaired) electrons. The van der Waals surface area contributed by atoms with E-state index < -0.39 is 5.82 Å². The Labute approximate surface area is 228 Å². The summed E-state index contributed by atoms with van der Waals surface area (Å²) in [6.45, 7) is 8.01. The van der Waals surface area contributed by atoms with Gasteiger partial charge in [-0.3, -0.25) is 14.8 Å². The Morgan fingerprint density at radius 1 is 0.789 bits per heavy atom. The van der Waals surface area contributed by atoms with Crippen LogP contribution in [0.1, 0.15) is 23.2 Å². The van der Waals surface area contributed by atoms with Crippen LogP contribution >= 0.6 is 11.6 Å². The molecule has 11 heteroatoms. The first-order valence-corrected chi connectivity index (χ1v) is 13.2. The van der Waals surface area contributed by atoms with Crippen LogP contribution in [0.5, 0.6) is 0 Å². The number of anilines is 2. The monoisotopic (exact) mass is 540 g/mol. The first-order chi connectivity index (χ1) is 18.4. The number of halogens is 2. The summed E-state index contributed by atoms with van der Waals surface area (Å²) in [5, 5.41) is 0.463. The molecule has 0 atom stereocenters. The molecule has 3 aromatic rings. The van der Waals surface area contributed by atoms with Crippen molar-refractivity contribution in [3.63, 3.8) is 0 Å². The van der Waals surface area contributed by atoms with E-state index in [1.807, 2.05) is 0 Å². The summed E-state index contributed by atoms with van der Waals surface area (Å²) in [7, 11) is 4.25. The lowest BCUT2D eigenvalue weighted by atomic mass is 10.1. The lowest BCUT2D eigenvalue weighted by Gasteiger charge is -2.21. The topological polar surface area (TPSA) is 81.6 Å². The zero-order chi connectivity index (χ0) is 26.9. The first-order valence-electron chi connectivity index (χ1n) is 12.8. The minimum Gasteiger partial charge on any atom is -0.354 e. The van der Waals surface area contributed by atoms with Crippen LogP contribution in [0, 0.1) is 5.82 Å². The van der Waals surface area contributed by atoms with Crippen molar-refractivity contribution in [1.29, 1.82) is 0 Å². The van der Waals surface area contributed by atoms with E-state index in [2.05, 4.69) is 53.6 Å². The maximum Gasteiger partial charge on any atom is 0.150 e. The standard InChI is InChI=1S/C17H19FN4O.C10H15ClN4/c1-21-5-2-6-22(8-7-21)17-11-19-10-16(20-17)14-9-13(12-23)3-4-15(14)18;1-14-3-2-4-15(6-5-14)10-8-12-7-9(11)13-10/h3-4,9-12H,2,5-8H2,1H3;7-8H,2-6H2,1H3. The van der Waals surface area contributed by atoms with Gasteiger partial charge < -0.3 is 19.6 Å². The first kappa shape index (κ1) is 27.8. The lowest BCUT2D eigenvalue weighted by Crippen LogP contribution is -2.29. The van der Waals surface area contributed by atoms with E-state index in [9.17, 15) is 9.18 Å². The molecule has 0 aliphatic carbocycles. The fourth-order valence-corrected chi connectivity index (χ4v) is 4.63. The van der Waals surface area contributed by atoms with E-state index in [1.165, 1.54) is 24.4 Å². The Balaban J connectivity index is 0.000000194. The molecule has 2 aromatic heterocycles. The van der Waals surface area contributed by atoms with Gasteiger partial charge in [0.25, 0.3) is 0 Å². The van der Waals surface area contributed by atoms with Crippen LogP contribution in [-0.4, -0.2) is 102 Å². The zero-order valence-electron chi connectivity index (χ0n) is 21.9. The average molecular weight is 541 g/mol. The van der Waals surface area contributed by atoms with Crippen LogP contribution in [-0.2, 0) is 0 Å². The molecule has 0 bridgehead atoms. The van der Waals surface area contributed by atoms with Crippen molar-refractivity contribution in [2.24, 2.45) is 0 Å². The maximum absolute atomic E-state index is 14.1. The second-order valence-corrected chi connectivity index (χ2v) is 9.99. The van der Waals surface area contributed by atoms with Gasteiger partial charge in [0.05, 0.1) is 30.5 Å². The molecule has 0 saturated carbocycles. The van der Waals surface area contributed by atoms with Crippen LogP contribution < -0.4 is 9.80 Å². The highest BCUT2D eigenvalue weighted by Gasteiger charge is 2.16. The predicted molar refractivity (Wildman–Crippen MR) is 149 cm³/mol. The summed E-state index contributed by atoms with van der Waals surface area (Å²) in [6, 6.07) is 4.24. The van der Waals surface area contributed by atoms with Crippen LogP contribution in [0.3, 0.4) is 0 Å². The SMILES string of the molecule is CN1CCCN(c2cncc(-c3cc(C=O)ccc3F)n2)CC1.CN1CCCN(c2cncc(Cl)n2)CC1. The van der Waals surface area contributed by atoms with Gasteiger partial charge in [-0.1, -0.05) is 11.6 Å². The number of carbonyl (C=O) groups excluding carboxylic acids is 1. The van der Waals surface area contributed by atoms with Crippen LogP contribution in [0.15, 0.2) is 43.0 Å². The zero-order valence-corrected chi connectivity index (χ0v) is 22.7. The molecule has 0 spiro atoms. The smallest absolute Gasteiger partial charge is 0.150 e. The molecule has 2 aliphatic rings. The minimum atomic E-state index is -0.405. The number of benzene rings is 1. The molecule has 202 valence electrons. The van der Waals surface area contributed by atoms with Crippen molar-refractivity contribution in [2.75, 3.05) is 76.3 Å². The van der Waals surface area contributed by atoms with Crippen molar-refractivity contribution in [2.45, 2.75) is 12.8 Å². The largest absolute Gasteiger partial charge is 0.354 e. The van der Waals surface area contributed by atoms with Gasteiger partial charge in [0, 0.05) is 50.4 Å². The van der Waals surface area contributed by atoms with Gasteiger partial charge in [-0.05, 0) is 58.2 Å². The lowest BCUT2D eigenvalue weighted by molar-refractivity contribution is 0.112. The molecular formula is C27H34ClFN8O.